The van der Waals surface area contributed by atoms with E-state index in [1.807, 2.05) is 13.0 Å². The Balaban J connectivity index is 2.25. The number of benzene rings is 1. The van der Waals surface area contributed by atoms with Crippen LogP contribution in [0.5, 0.6) is 11.5 Å². The number of carbonyl (C=O) groups is 2. The molecular formula is C21H21BrO4. The third-order valence-corrected chi connectivity index (χ3v) is 6.51. The molecule has 3 rings (SSSR count). The number of hydrogen-bond acceptors (Lipinski definition) is 4. The average Bonchev–Trinajstić information content (AvgIpc) is 2.61. The zero-order chi connectivity index (χ0) is 19.1. The number of Topliss-reactive ketones (excluding diaryl/α,β-unsaturated/α-hetero) is 1. The van der Waals surface area contributed by atoms with Crippen LogP contribution in [0.25, 0.3) is 0 Å². The Morgan fingerprint density at radius 2 is 2.15 bits per heavy atom. The normalized spacial score (nSPS) is 28.1. The third kappa shape index (κ3) is 2.65. The second kappa shape index (κ2) is 6.88. The van der Waals surface area contributed by atoms with Crippen molar-refractivity contribution < 1.29 is 19.4 Å². The molecule has 26 heavy (non-hydrogen) atoms. The van der Waals surface area contributed by atoms with Crippen LogP contribution in [0.4, 0.5) is 0 Å². The van der Waals surface area contributed by atoms with Crippen molar-refractivity contribution >= 4 is 27.5 Å². The van der Waals surface area contributed by atoms with E-state index in [1.54, 1.807) is 31.2 Å². The number of rotatable bonds is 4. The standard InChI is InChI=1S/C21H21BrO4/c1-4-13-9-10-15-16(23)11-12(3)20(25)21(15,22)18(13)14-7-6-8-17(19(14)24)26-5-2/h4,6-9,11,15,18,24H,1,5,10H2,2-3H3/t15-,18+,21-/m0/s1. The van der Waals surface area contributed by atoms with Gasteiger partial charge in [0.25, 0.3) is 0 Å². The lowest BCUT2D eigenvalue weighted by Crippen LogP contribution is -2.53. The van der Waals surface area contributed by atoms with Crippen molar-refractivity contribution in [2.45, 2.75) is 30.5 Å². The number of alkyl halides is 1. The molecule has 0 heterocycles. The van der Waals surface area contributed by atoms with Gasteiger partial charge in [-0.25, -0.2) is 0 Å². The summed E-state index contributed by atoms with van der Waals surface area (Å²) >= 11 is 3.65. The lowest BCUT2D eigenvalue weighted by molar-refractivity contribution is -0.128. The Morgan fingerprint density at radius 3 is 2.81 bits per heavy atom. The highest BCUT2D eigenvalue weighted by atomic mass is 79.9. The molecule has 2 aliphatic carbocycles. The SMILES string of the molecule is C=CC1=CC[C@H]2C(=O)C=C(C)C(=O)[C@@]2(Br)[C@H]1c1cccc(OCC)c1O. The highest BCUT2D eigenvalue weighted by molar-refractivity contribution is 9.10. The van der Waals surface area contributed by atoms with Crippen LogP contribution in [0.15, 0.2) is 54.2 Å². The maximum Gasteiger partial charge on any atom is 0.177 e. The molecule has 1 N–H and O–H groups in total. The number of fused-ring (bicyclic) bond motifs is 1. The van der Waals surface area contributed by atoms with Crippen molar-refractivity contribution in [3.8, 4) is 11.5 Å². The van der Waals surface area contributed by atoms with Crippen LogP contribution < -0.4 is 4.74 Å². The van der Waals surface area contributed by atoms with Crippen LogP contribution in [0.2, 0.25) is 0 Å². The largest absolute Gasteiger partial charge is 0.504 e. The molecule has 2 aliphatic rings. The number of phenolic OH excluding ortho intramolecular Hbond substituents is 1. The predicted octanol–water partition coefficient (Wildman–Crippen LogP) is 4.24. The first kappa shape index (κ1) is 18.6. The Kier molecular flexibility index (Phi) is 4.93. The van der Waals surface area contributed by atoms with Gasteiger partial charge in [0.05, 0.1) is 6.61 Å². The second-order valence-corrected chi connectivity index (χ2v) is 7.90. The predicted molar refractivity (Wildman–Crippen MR) is 104 cm³/mol. The number of halogens is 1. The fraction of sp³-hybridized carbons (Fsp3) is 0.333. The molecule has 0 radical (unpaired) electrons. The van der Waals surface area contributed by atoms with Gasteiger partial charge in [0.1, 0.15) is 4.32 Å². The number of ether oxygens (including phenoxy) is 1. The molecule has 1 aromatic carbocycles. The van der Waals surface area contributed by atoms with E-state index >= 15 is 0 Å². The summed E-state index contributed by atoms with van der Waals surface area (Å²) in [6.45, 7) is 7.76. The monoisotopic (exact) mass is 416 g/mol. The fourth-order valence-corrected chi connectivity index (χ4v) is 5.17. The Hall–Kier alpha value is -2.14. The summed E-state index contributed by atoms with van der Waals surface area (Å²) in [5.41, 5.74) is 1.76. The van der Waals surface area contributed by atoms with Crippen LogP contribution in [-0.4, -0.2) is 27.6 Å². The lowest BCUT2D eigenvalue weighted by Gasteiger charge is -2.45. The fourth-order valence-electron chi connectivity index (χ4n) is 3.93. The smallest absolute Gasteiger partial charge is 0.177 e. The van der Waals surface area contributed by atoms with Gasteiger partial charge >= 0.3 is 0 Å². The van der Waals surface area contributed by atoms with Gasteiger partial charge in [0.15, 0.2) is 23.1 Å². The summed E-state index contributed by atoms with van der Waals surface area (Å²) in [7, 11) is 0. The average molecular weight is 417 g/mol. The van der Waals surface area contributed by atoms with Crippen molar-refractivity contribution in [3.05, 3.63) is 59.7 Å². The van der Waals surface area contributed by atoms with Crippen LogP contribution in [0.1, 0.15) is 31.7 Å². The number of aromatic hydroxyl groups is 1. The quantitative estimate of drug-likeness (QED) is 0.745. The van der Waals surface area contributed by atoms with Crippen molar-refractivity contribution in [2.24, 2.45) is 5.92 Å². The molecule has 0 bridgehead atoms. The molecule has 4 nitrogen and oxygen atoms in total. The number of allylic oxidation sites excluding steroid dienone is 5. The van der Waals surface area contributed by atoms with E-state index in [2.05, 4.69) is 22.5 Å². The third-order valence-electron chi connectivity index (χ3n) is 5.13. The van der Waals surface area contributed by atoms with Crippen molar-refractivity contribution in [2.75, 3.05) is 6.61 Å². The van der Waals surface area contributed by atoms with E-state index in [4.69, 9.17) is 4.74 Å². The van der Waals surface area contributed by atoms with Gasteiger partial charge in [0.2, 0.25) is 0 Å². The van der Waals surface area contributed by atoms with Crippen LogP contribution in [-0.2, 0) is 9.59 Å². The van der Waals surface area contributed by atoms with Gasteiger partial charge in [-0.3, -0.25) is 9.59 Å². The number of hydrogen-bond donors (Lipinski definition) is 1. The first-order valence-corrected chi connectivity index (χ1v) is 9.38. The maximum atomic E-state index is 13.2. The Morgan fingerprint density at radius 1 is 1.42 bits per heavy atom. The molecular weight excluding hydrogens is 396 g/mol. The summed E-state index contributed by atoms with van der Waals surface area (Å²) in [5, 5.41) is 10.8. The molecule has 3 atom stereocenters. The van der Waals surface area contributed by atoms with Crippen LogP contribution in [0, 0.1) is 5.92 Å². The van der Waals surface area contributed by atoms with Gasteiger partial charge < -0.3 is 9.84 Å². The number of ketones is 2. The molecule has 0 fully saturated rings. The van der Waals surface area contributed by atoms with E-state index in [9.17, 15) is 14.7 Å². The van der Waals surface area contributed by atoms with Gasteiger partial charge in [-0.2, -0.15) is 0 Å². The van der Waals surface area contributed by atoms with E-state index in [0.717, 1.165) is 5.57 Å². The van der Waals surface area contributed by atoms with E-state index < -0.39 is 16.2 Å². The molecule has 1 aromatic rings. The summed E-state index contributed by atoms with van der Waals surface area (Å²) in [6.07, 6.45) is 5.48. The summed E-state index contributed by atoms with van der Waals surface area (Å²) in [5.74, 6) is -0.945. The topological polar surface area (TPSA) is 63.6 Å². The summed E-state index contributed by atoms with van der Waals surface area (Å²) in [4.78, 5) is 25.8. The molecule has 0 saturated heterocycles. The minimum Gasteiger partial charge on any atom is -0.504 e. The van der Waals surface area contributed by atoms with E-state index in [1.165, 1.54) is 6.08 Å². The zero-order valence-corrected chi connectivity index (χ0v) is 16.4. The maximum absolute atomic E-state index is 13.2. The first-order chi connectivity index (χ1) is 12.4. The molecule has 0 aliphatic heterocycles. The zero-order valence-electron chi connectivity index (χ0n) is 14.8. The molecule has 0 spiro atoms. The van der Waals surface area contributed by atoms with Crippen LogP contribution >= 0.6 is 15.9 Å². The minimum absolute atomic E-state index is 0.0148. The summed E-state index contributed by atoms with van der Waals surface area (Å²) in [6, 6.07) is 5.22. The number of para-hydroxylation sites is 1. The minimum atomic E-state index is -1.15. The number of phenols is 1. The Labute approximate surface area is 161 Å². The second-order valence-electron chi connectivity index (χ2n) is 6.58. The van der Waals surface area contributed by atoms with Crippen molar-refractivity contribution in [1.29, 1.82) is 0 Å². The molecule has 5 heteroatoms. The lowest BCUT2D eigenvalue weighted by atomic mass is 9.62. The van der Waals surface area contributed by atoms with Crippen LogP contribution in [0.3, 0.4) is 0 Å². The van der Waals surface area contributed by atoms with Gasteiger partial charge in [-0.05, 0) is 43.6 Å². The molecule has 136 valence electrons. The van der Waals surface area contributed by atoms with E-state index in [-0.39, 0.29) is 17.3 Å². The molecule has 0 amide bonds. The highest BCUT2D eigenvalue weighted by Crippen LogP contribution is 2.56. The molecule has 0 unspecified atom stereocenters. The molecule has 0 saturated carbocycles. The molecule has 0 aromatic heterocycles. The van der Waals surface area contributed by atoms with Gasteiger partial charge in [0, 0.05) is 17.4 Å². The van der Waals surface area contributed by atoms with E-state index in [0.29, 0.717) is 29.9 Å². The first-order valence-electron chi connectivity index (χ1n) is 8.59. The highest BCUT2D eigenvalue weighted by Gasteiger charge is 2.57. The van der Waals surface area contributed by atoms with Gasteiger partial charge in [-0.1, -0.05) is 46.8 Å². The summed E-state index contributed by atoms with van der Waals surface area (Å²) < 4.78 is 4.35. The van der Waals surface area contributed by atoms with Crippen molar-refractivity contribution in [1.82, 2.24) is 0 Å². The Bertz CT molecular complexity index is 852. The van der Waals surface area contributed by atoms with Crippen molar-refractivity contribution in [3.63, 3.8) is 0 Å². The number of carbonyl (C=O) groups excluding carboxylic acids is 2. The van der Waals surface area contributed by atoms with Gasteiger partial charge in [-0.15, -0.1) is 0 Å².